The van der Waals surface area contributed by atoms with Gasteiger partial charge in [0.25, 0.3) is 15.9 Å². The molecular weight excluding hydrogens is 438 g/mol. The Bertz CT molecular complexity index is 1060. The van der Waals surface area contributed by atoms with E-state index in [0.717, 1.165) is 12.8 Å². The standard InChI is InChI=1S/C25H31N3O4S/c29-24(26-21-7-3-1-4-8-21)19-15-17-28(18-16-19)25(30)20-11-13-22(14-12-20)27-33(31,32)23-9-5-2-6-10-23/h2,5-6,9-14,19,21,27H,1,3-4,7-8,15-18H2,(H,26,29). The first kappa shape index (κ1) is 23.3. The highest BCUT2D eigenvalue weighted by molar-refractivity contribution is 7.92. The predicted octanol–water partition coefficient (Wildman–Crippen LogP) is 3.79. The minimum absolute atomic E-state index is 0.0363. The number of likely N-dealkylation sites (tertiary alicyclic amines) is 1. The number of nitrogens with one attached hydrogen (secondary N) is 2. The minimum Gasteiger partial charge on any atom is -0.353 e. The van der Waals surface area contributed by atoms with Gasteiger partial charge in [-0.3, -0.25) is 14.3 Å². The van der Waals surface area contributed by atoms with Crippen LogP contribution in [0.3, 0.4) is 0 Å². The van der Waals surface area contributed by atoms with E-state index in [0.29, 0.717) is 43.2 Å². The Balaban J connectivity index is 1.29. The number of hydrogen-bond donors (Lipinski definition) is 2. The number of hydrogen-bond acceptors (Lipinski definition) is 4. The van der Waals surface area contributed by atoms with Gasteiger partial charge < -0.3 is 10.2 Å². The zero-order valence-corrected chi connectivity index (χ0v) is 19.5. The van der Waals surface area contributed by atoms with Gasteiger partial charge in [0.05, 0.1) is 4.90 Å². The third kappa shape index (κ3) is 5.93. The van der Waals surface area contributed by atoms with Crippen molar-refractivity contribution in [1.29, 1.82) is 0 Å². The molecule has 2 fully saturated rings. The number of amides is 2. The Morgan fingerprint density at radius 3 is 2.09 bits per heavy atom. The lowest BCUT2D eigenvalue weighted by atomic mass is 9.92. The second kappa shape index (κ2) is 10.4. The molecule has 1 saturated heterocycles. The van der Waals surface area contributed by atoms with Gasteiger partial charge in [-0.05, 0) is 62.1 Å². The van der Waals surface area contributed by atoms with E-state index in [9.17, 15) is 18.0 Å². The summed E-state index contributed by atoms with van der Waals surface area (Å²) in [5.74, 6) is -0.00611. The Morgan fingerprint density at radius 1 is 0.818 bits per heavy atom. The lowest BCUT2D eigenvalue weighted by Crippen LogP contribution is -2.45. The van der Waals surface area contributed by atoms with Crippen LogP contribution in [0.25, 0.3) is 0 Å². The monoisotopic (exact) mass is 469 g/mol. The maximum Gasteiger partial charge on any atom is 0.261 e. The van der Waals surface area contributed by atoms with Gasteiger partial charge >= 0.3 is 0 Å². The summed E-state index contributed by atoms with van der Waals surface area (Å²) in [7, 11) is -3.68. The molecule has 2 aliphatic rings. The molecule has 0 aromatic heterocycles. The highest BCUT2D eigenvalue weighted by Crippen LogP contribution is 2.23. The fraction of sp³-hybridized carbons (Fsp3) is 0.440. The van der Waals surface area contributed by atoms with Crippen molar-refractivity contribution in [1.82, 2.24) is 10.2 Å². The molecule has 1 aliphatic heterocycles. The summed E-state index contributed by atoms with van der Waals surface area (Å²) in [6.07, 6.45) is 7.10. The molecule has 1 saturated carbocycles. The van der Waals surface area contributed by atoms with Crippen molar-refractivity contribution in [2.24, 2.45) is 5.92 Å². The largest absolute Gasteiger partial charge is 0.353 e. The molecule has 0 radical (unpaired) electrons. The first-order valence-corrected chi connectivity index (χ1v) is 13.2. The zero-order valence-electron chi connectivity index (χ0n) is 18.7. The van der Waals surface area contributed by atoms with Crippen LogP contribution in [0.2, 0.25) is 0 Å². The lowest BCUT2D eigenvalue weighted by Gasteiger charge is -2.33. The van der Waals surface area contributed by atoms with Gasteiger partial charge in [-0.2, -0.15) is 0 Å². The van der Waals surface area contributed by atoms with Crippen LogP contribution in [0.4, 0.5) is 5.69 Å². The van der Waals surface area contributed by atoms with Crippen molar-refractivity contribution in [3.8, 4) is 0 Å². The van der Waals surface area contributed by atoms with Crippen LogP contribution in [-0.2, 0) is 14.8 Å². The van der Waals surface area contributed by atoms with Crippen LogP contribution < -0.4 is 10.0 Å². The smallest absolute Gasteiger partial charge is 0.261 e. The SMILES string of the molecule is O=C(NC1CCCCC1)C1CCN(C(=O)c2ccc(NS(=O)(=O)c3ccccc3)cc2)CC1. The third-order valence-corrected chi connectivity index (χ3v) is 7.94. The van der Waals surface area contributed by atoms with Crippen molar-refractivity contribution >= 4 is 27.5 Å². The van der Waals surface area contributed by atoms with E-state index in [1.807, 2.05) is 0 Å². The molecule has 2 amide bonds. The number of carbonyl (C=O) groups excluding carboxylic acids is 2. The molecule has 2 aromatic carbocycles. The van der Waals surface area contributed by atoms with E-state index < -0.39 is 10.0 Å². The summed E-state index contributed by atoms with van der Waals surface area (Å²) in [4.78, 5) is 27.4. The molecule has 0 bridgehead atoms. The highest BCUT2D eigenvalue weighted by atomic mass is 32.2. The number of anilines is 1. The first-order chi connectivity index (χ1) is 15.9. The quantitative estimate of drug-likeness (QED) is 0.673. The molecule has 176 valence electrons. The van der Waals surface area contributed by atoms with Gasteiger partial charge in [0.15, 0.2) is 0 Å². The van der Waals surface area contributed by atoms with Crippen LogP contribution in [0, 0.1) is 5.92 Å². The predicted molar refractivity (Wildman–Crippen MR) is 127 cm³/mol. The van der Waals surface area contributed by atoms with Crippen molar-refractivity contribution in [2.45, 2.75) is 55.9 Å². The average molecular weight is 470 g/mol. The molecule has 1 heterocycles. The van der Waals surface area contributed by atoms with E-state index >= 15 is 0 Å². The third-order valence-electron chi connectivity index (χ3n) is 6.54. The number of rotatable bonds is 6. The van der Waals surface area contributed by atoms with E-state index in [2.05, 4.69) is 10.0 Å². The van der Waals surface area contributed by atoms with E-state index in [1.165, 1.54) is 31.4 Å². The normalized spacial score (nSPS) is 18.0. The van der Waals surface area contributed by atoms with Crippen LogP contribution in [0.15, 0.2) is 59.5 Å². The molecule has 1 aliphatic carbocycles. The molecule has 0 spiro atoms. The summed E-state index contributed by atoms with van der Waals surface area (Å²) < 4.78 is 27.5. The number of piperidine rings is 1. The zero-order chi connectivity index (χ0) is 23.3. The van der Waals surface area contributed by atoms with E-state index in [4.69, 9.17) is 0 Å². The molecular formula is C25H31N3O4S. The average Bonchev–Trinajstić information content (AvgIpc) is 2.85. The topological polar surface area (TPSA) is 95.6 Å². The molecule has 33 heavy (non-hydrogen) atoms. The molecule has 8 heteroatoms. The summed E-state index contributed by atoms with van der Waals surface area (Å²) in [5, 5.41) is 3.20. The molecule has 7 nitrogen and oxygen atoms in total. The van der Waals surface area contributed by atoms with E-state index in [1.54, 1.807) is 47.4 Å². The summed E-state index contributed by atoms with van der Waals surface area (Å²) in [6.45, 7) is 1.09. The second-order valence-electron chi connectivity index (χ2n) is 8.91. The Labute approximate surface area is 195 Å². The fourth-order valence-electron chi connectivity index (χ4n) is 4.59. The summed E-state index contributed by atoms with van der Waals surface area (Å²) >= 11 is 0. The van der Waals surface area contributed by atoms with Crippen LogP contribution in [0.1, 0.15) is 55.3 Å². The maximum absolute atomic E-state index is 12.9. The van der Waals surface area contributed by atoms with Crippen LogP contribution in [-0.4, -0.2) is 44.3 Å². The molecule has 4 rings (SSSR count). The van der Waals surface area contributed by atoms with Gasteiger partial charge in [-0.1, -0.05) is 37.5 Å². The van der Waals surface area contributed by atoms with Gasteiger partial charge in [-0.25, -0.2) is 8.42 Å². The Morgan fingerprint density at radius 2 is 1.45 bits per heavy atom. The summed E-state index contributed by atoms with van der Waals surface area (Å²) in [6, 6.07) is 14.9. The second-order valence-corrected chi connectivity index (χ2v) is 10.6. The highest BCUT2D eigenvalue weighted by Gasteiger charge is 2.29. The van der Waals surface area contributed by atoms with Crippen LogP contribution >= 0.6 is 0 Å². The number of carbonyl (C=O) groups is 2. The first-order valence-electron chi connectivity index (χ1n) is 11.7. The van der Waals surface area contributed by atoms with Crippen molar-refractivity contribution in [3.63, 3.8) is 0 Å². The molecule has 2 aromatic rings. The number of sulfonamides is 1. The molecule has 0 unspecified atom stereocenters. The number of nitrogens with zero attached hydrogens (tertiary/aromatic N) is 1. The van der Waals surface area contributed by atoms with Crippen molar-refractivity contribution < 1.29 is 18.0 Å². The van der Waals surface area contributed by atoms with Gasteiger partial charge in [0, 0.05) is 36.3 Å². The number of benzene rings is 2. The molecule has 0 atom stereocenters. The van der Waals surface area contributed by atoms with Gasteiger partial charge in [-0.15, -0.1) is 0 Å². The summed E-state index contributed by atoms with van der Waals surface area (Å²) in [5.41, 5.74) is 0.899. The van der Waals surface area contributed by atoms with Gasteiger partial charge in [0.1, 0.15) is 0 Å². The van der Waals surface area contributed by atoms with E-state index in [-0.39, 0.29) is 22.6 Å². The van der Waals surface area contributed by atoms with Crippen LogP contribution in [0.5, 0.6) is 0 Å². The minimum atomic E-state index is -3.68. The Hall–Kier alpha value is -2.87. The Kier molecular flexibility index (Phi) is 7.33. The van der Waals surface area contributed by atoms with Gasteiger partial charge in [0.2, 0.25) is 5.91 Å². The van der Waals surface area contributed by atoms with Crippen molar-refractivity contribution in [3.05, 3.63) is 60.2 Å². The fourth-order valence-corrected chi connectivity index (χ4v) is 5.67. The van der Waals surface area contributed by atoms with Crippen molar-refractivity contribution in [2.75, 3.05) is 17.8 Å². The lowest BCUT2D eigenvalue weighted by molar-refractivity contribution is -0.127. The molecule has 2 N–H and O–H groups in total. The maximum atomic E-state index is 12.9.